The normalized spacial score (nSPS) is 28.1. The van der Waals surface area contributed by atoms with Crippen molar-refractivity contribution in [1.29, 1.82) is 0 Å². The Labute approximate surface area is 76.1 Å². The number of nitrogens with zero attached hydrogens (tertiary/aromatic N) is 3. The molecular formula is C7H13N3O3. The molecule has 13 heavy (non-hydrogen) atoms. The van der Waals surface area contributed by atoms with Crippen LogP contribution in [0.5, 0.6) is 0 Å². The molecule has 74 valence electrons. The summed E-state index contributed by atoms with van der Waals surface area (Å²) in [7, 11) is 0. The molecule has 6 heteroatoms. The van der Waals surface area contributed by atoms with Crippen LogP contribution in [0.1, 0.15) is 13.8 Å². The smallest absolute Gasteiger partial charge is 0.163 e. The average molecular weight is 187 g/mol. The van der Waals surface area contributed by atoms with Crippen LogP contribution in [-0.4, -0.2) is 36.3 Å². The number of hydrogen-bond acceptors (Lipinski definition) is 4. The van der Waals surface area contributed by atoms with Gasteiger partial charge in [0.05, 0.1) is 19.3 Å². The molecule has 1 aliphatic heterocycles. The maximum atomic E-state index is 9.44. The Kier molecular flexibility index (Phi) is 3.11. The van der Waals surface area contributed by atoms with Gasteiger partial charge in [-0.1, -0.05) is 5.11 Å². The second kappa shape index (κ2) is 3.93. The Morgan fingerprint density at radius 3 is 2.92 bits per heavy atom. The minimum absolute atomic E-state index is 0.0145. The minimum Gasteiger partial charge on any atom is -0.390 e. The maximum Gasteiger partial charge on any atom is 0.163 e. The van der Waals surface area contributed by atoms with E-state index in [0.29, 0.717) is 6.61 Å². The van der Waals surface area contributed by atoms with Crippen LogP contribution >= 0.6 is 0 Å². The summed E-state index contributed by atoms with van der Waals surface area (Å²) in [4.78, 5) is 2.55. The second-order valence-electron chi connectivity index (χ2n) is 3.35. The van der Waals surface area contributed by atoms with Gasteiger partial charge in [0.1, 0.15) is 6.10 Å². The van der Waals surface area contributed by atoms with Crippen molar-refractivity contribution in [3.8, 4) is 0 Å². The van der Waals surface area contributed by atoms with Crippen LogP contribution in [0, 0.1) is 0 Å². The van der Waals surface area contributed by atoms with Gasteiger partial charge >= 0.3 is 0 Å². The van der Waals surface area contributed by atoms with Gasteiger partial charge in [0.15, 0.2) is 5.79 Å². The van der Waals surface area contributed by atoms with Gasteiger partial charge in [-0.3, -0.25) is 0 Å². The highest BCUT2D eigenvalue weighted by Crippen LogP contribution is 2.24. The largest absolute Gasteiger partial charge is 0.390 e. The monoisotopic (exact) mass is 187 g/mol. The fraction of sp³-hybridized carbons (Fsp3) is 1.00. The molecule has 0 unspecified atom stereocenters. The van der Waals surface area contributed by atoms with Crippen LogP contribution < -0.4 is 0 Å². The summed E-state index contributed by atoms with van der Waals surface area (Å²) >= 11 is 0. The number of rotatable bonds is 3. The molecule has 1 fully saturated rings. The maximum absolute atomic E-state index is 9.44. The van der Waals surface area contributed by atoms with E-state index < -0.39 is 18.0 Å². The lowest BCUT2D eigenvalue weighted by Gasteiger charge is -2.19. The van der Waals surface area contributed by atoms with Gasteiger partial charge in [0, 0.05) is 4.91 Å². The standard InChI is InChI=1S/C7H13N3O3/c1-7(2)12-4-6(13-7)5(11)3-9-10-8/h5-6,11H,3-4H2,1-2H3/t5-,6+/m0/s1. The summed E-state index contributed by atoms with van der Waals surface area (Å²) in [5, 5.41) is 12.7. The Morgan fingerprint density at radius 2 is 2.46 bits per heavy atom. The molecule has 1 aliphatic rings. The molecule has 2 atom stereocenters. The Hall–Kier alpha value is -0.810. The molecule has 0 bridgehead atoms. The molecule has 0 aromatic carbocycles. The number of aliphatic hydroxyl groups excluding tert-OH is 1. The molecule has 0 aromatic heterocycles. The molecule has 0 spiro atoms. The molecule has 1 heterocycles. The Bertz CT molecular complexity index is 225. The zero-order valence-electron chi connectivity index (χ0n) is 7.67. The molecule has 0 radical (unpaired) electrons. The van der Waals surface area contributed by atoms with Gasteiger partial charge in [-0.05, 0) is 19.4 Å². The predicted octanol–water partition coefficient (Wildman–Crippen LogP) is 0.809. The Morgan fingerprint density at radius 1 is 1.77 bits per heavy atom. The van der Waals surface area contributed by atoms with Crippen LogP contribution in [0.3, 0.4) is 0 Å². The van der Waals surface area contributed by atoms with E-state index in [1.165, 1.54) is 0 Å². The van der Waals surface area contributed by atoms with Crippen LogP contribution in [0.15, 0.2) is 5.11 Å². The van der Waals surface area contributed by atoms with Gasteiger partial charge in [-0.2, -0.15) is 0 Å². The van der Waals surface area contributed by atoms with E-state index in [0.717, 1.165) is 0 Å². The van der Waals surface area contributed by atoms with Crippen molar-refractivity contribution in [2.75, 3.05) is 13.2 Å². The number of aliphatic hydroxyl groups is 1. The first-order chi connectivity index (χ1) is 6.05. The predicted molar refractivity (Wildman–Crippen MR) is 44.9 cm³/mol. The molecule has 0 aromatic rings. The first kappa shape index (κ1) is 10.3. The number of hydrogen-bond donors (Lipinski definition) is 1. The van der Waals surface area contributed by atoms with Crippen molar-refractivity contribution < 1.29 is 14.6 Å². The number of ether oxygens (including phenoxy) is 2. The first-order valence-electron chi connectivity index (χ1n) is 4.06. The molecule has 0 aliphatic carbocycles. The lowest BCUT2D eigenvalue weighted by molar-refractivity contribution is -0.150. The van der Waals surface area contributed by atoms with Gasteiger partial charge in [0.2, 0.25) is 0 Å². The SMILES string of the molecule is CC1(C)OC[C@H]([C@@H](O)CN=[N+]=[N-])O1. The summed E-state index contributed by atoms with van der Waals surface area (Å²) < 4.78 is 10.6. The fourth-order valence-electron chi connectivity index (χ4n) is 1.14. The van der Waals surface area contributed by atoms with E-state index in [2.05, 4.69) is 10.0 Å². The summed E-state index contributed by atoms with van der Waals surface area (Å²) in [6.07, 6.45) is -1.20. The van der Waals surface area contributed by atoms with E-state index in [9.17, 15) is 5.11 Å². The van der Waals surface area contributed by atoms with E-state index in [-0.39, 0.29) is 6.54 Å². The van der Waals surface area contributed by atoms with Crippen molar-refractivity contribution in [2.45, 2.75) is 31.8 Å². The van der Waals surface area contributed by atoms with Crippen molar-refractivity contribution in [1.82, 2.24) is 0 Å². The van der Waals surface area contributed by atoms with E-state index in [1.54, 1.807) is 13.8 Å². The summed E-state index contributed by atoms with van der Waals surface area (Å²) in [6.45, 7) is 3.89. The molecule has 0 saturated carbocycles. The van der Waals surface area contributed by atoms with E-state index in [4.69, 9.17) is 15.0 Å². The van der Waals surface area contributed by atoms with Crippen LogP contribution in [0.25, 0.3) is 10.4 Å². The van der Waals surface area contributed by atoms with E-state index >= 15 is 0 Å². The third kappa shape index (κ3) is 2.86. The van der Waals surface area contributed by atoms with E-state index in [1.807, 2.05) is 0 Å². The summed E-state index contributed by atoms with van der Waals surface area (Å²) in [5.74, 6) is -0.651. The summed E-state index contributed by atoms with van der Waals surface area (Å²) in [5.41, 5.74) is 8.04. The lowest BCUT2D eigenvalue weighted by Crippen LogP contribution is -2.32. The van der Waals surface area contributed by atoms with Crippen molar-refractivity contribution >= 4 is 0 Å². The number of azide groups is 1. The second-order valence-corrected chi connectivity index (χ2v) is 3.35. The zero-order chi connectivity index (χ0) is 9.90. The molecule has 1 N–H and O–H groups in total. The Balaban J connectivity index is 2.41. The molecule has 1 saturated heterocycles. The highest BCUT2D eigenvalue weighted by molar-refractivity contribution is 4.78. The van der Waals surface area contributed by atoms with Crippen molar-refractivity contribution in [3.05, 3.63) is 10.4 Å². The van der Waals surface area contributed by atoms with Gasteiger partial charge in [-0.25, -0.2) is 0 Å². The molecule has 6 nitrogen and oxygen atoms in total. The highest BCUT2D eigenvalue weighted by Gasteiger charge is 2.36. The quantitative estimate of drug-likeness (QED) is 0.403. The third-order valence-corrected chi connectivity index (χ3v) is 1.79. The first-order valence-corrected chi connectivity index (χ1v) is 4.06. The van der Waals surface area contributed by atoms with Crippen LogP contribution in [-0.2, 0) is 9.47 Å². The highest BCUT2D eigenvalue weighted by atomic mass is 16.7. The van der Waals surface area contributed by atoms with Crippen molar-refractivity contribution in [3.63, 3.8) is 0 Å². The van der Waals surface area contributed by atoms with Gasteiger partial charge in [-0.15, -0.1) is 0 Å². The van der Waals surface area contributed by atoms with Crippen molar-refractivity contribution in [2.24, 2.45) is 5.11 Å². The molecular weight excluding hydrogens is 174 g/mol. The molecule has 0 amide bonds. The zero-order valence-corrected chi connectivity index (χ0v) is 7.67. The van der Waals surface area contributed by atoms with Gasteiger partial charge < -0.3 is 14.6 Å². The topological polar surface area (TPSA) is 87.5 Å². The molecule has 1 rings (SSSR count). The van der Waals surface area contributed by atoms with Gasteiger partial charge in [0.25, 0.3) is 0 Å². The average Bonchev–Trinajstić information content (AvgIpc) is 2.42. The fourth-order valence-corrected chi connectivity index (χ4v) is 1.14. The lowest BCUT2D eigenvalue weighted by atomic mass is 10.2. The summed E-state index contributed by atoms with van der Waals surface area (Å²) in [6, 6.07) is 0. The van der Waals surface area contributed by atoms with Crippen LogP contribution in [0.2, 0.25) is 0 Å². The van der Waals surface area contributed by atoms with Crippen LogP contribution in [0.4, 0.5) is 0 Å². The third-order valence-electron chi connectivity index (χ3n) is 1.79. The minimum atomic E-state index is -0.794.